The molecular weight excluding hydrogens is 424 g/mol. The number of methoxy groups -OCH3 is 2. The Morgan fingerprint density at radius 1 is 1.06 bits per heavy atom. The lowest BCUT2D eigenvalue weighted by Gasteiger charge is -2.35. The van der Waals surface area contributed by atoms with Crippen molar-refractivity contribution < 1.29 is 33.3 Å². The summed E-state index contributed by atoms with van der Waals surface area (Å²) in [5, 5.41) is 0. The highest BCUT2D eigenvalue weighted by molar-refractivity contribution is 5.97. The van der Waals surface area contributed by atoms with Gasteiger partial charge in [-0.15, -0.1) is 0 Å². The van der Waals surface area contributed by atoms with Crippen LogP contribution in [-0.2, 0) is 33.3 Å². The Morgan fingerprint density at radius 3 is 2.30 bits per heavy atom. The van der Waals surface area contributed by atoms with Crippen LogP contribution in [0.15, 0.2) is 34.8 Å². The fourth-order valence-corrected chi connectivity index (χ4v) is 4.54. The van der Waals surface area contributed by atoms with Crippen LogP contribution in [0.3, 0.4) is 0 Å². The molecule has 2 rings (SSSR count). The number of rotatable bonds is 10. The molecule has 5 atom stereocenters. The van der Waals surface area contributed by atoms with Gasteiger partial charge in [0, 0.05) is 25.2 Å². The molecule has 0 saturated carbocycles. The lowest BCUT2D eigenvalue weighted by Crippen LogP contribution is -2.42. The van der Waals surface area contributed by atoms with Gasteiger partial charge in [0.2, 0.25) is 11.5 Å². The van der Waals surface area contributed by atoms with Crippen molar-refractivity contribution in [3.05, 3.63) is 34.8 Å². The molecule has 1 saturated heterocycles. The van der Waals surface area contributed by atoms with Crippen molar-refractivity contribution in [1.29, 1.82) is 0 Å². The van der Waals surface area contributed by atoms with E-state index in [1.54, 1.807) is 0 Å². The second-order valence-corrected chi connectivity index (χ2v) is 9.22. The van der Waals surface area contributed by atoms with E-state index in [1.165, 1.54) is 32.3 Å². The molecule has 0 bridgehead atoms. The summed E-state index contributed by atoms with van der Waals surface area (Å²) in [6.45, 7) is 9.22. The van der Waals surface area contributed by atoms with Gasteiger partial charge >= 0.3 is 11.9 Å². The fourth-order valence-electron chi connectivity index (χ4n) is 4.54. The van der Waals surface area contributed by atoms with Gasteiger partial charge in [0.1, 0.15) is 6.10 Å². The van der Waals surface area contributed by atoms with E-state index in [4.69, 9.17) is 18.9 Å². The Labute approximate surface area is 197 Å². The van der Waals surface area contributed by atoms with Crippen LogP contribution in [0, 0.1) is 17.8 Å². The largest absolute Gasteiger partial charge is 0.493 e. The molecule has 0 aromatic heterocycles. The number of hydrogen-bond donors (Lipinski definition) is 0. The highest BCUT2D eigenvalue weighted by Gasteiger charge is 2.45. The Bertz CT molecular complexity index is 836. The molecule has 0 N–H and O–H groups in total. The summed E-state index contributed by atoms with van der Waals surface area (Å²) < 4.78 is 21.6. The third-order valence-electron chi connectivity index (χ3n) is 6.49. The minimum absolute atomic E-state index is 0.00807. The lowest BCUT2D eigenvalue weighted by atomic mass is 9.77. The number of ketones is 1. The van der Waals surface area contributed by atoms with Gasteiger partial charge in [-0.05, 0) is 39.5 Å². The molecule has 0 amide bonds. The standard InChI is InChI=1S/C26H38O7/c1-15(9-8-10-16(2)13-20-14-17(3)26(29)33-20)11-12-21-18(4)22(28)24(30-6)25(31-7)23(21)32-19(5)27/h10-11,17-18,20-21,23H,8-9,12-14H2,1-7H3/b15-11+,16-10+. The van der Waals surface area contributed by atoms with Gasteiger partial charge in [-0.3, -0.25) is 14.4 Å². The number of ether oxygens (including phenoxy) is 4. The highest BCUT2D eigenvalue weighted by Crippen LogP contribution is 2.37. The Morgan fingerprint density at radius 2 is 1.76 bits per heavy atom. The Balaban J connectivity index is 2.00. The minimum atomic E-state index is -0.669. The Hall–Kier alpha value is -2.57. The van der Waals surface area contributed by atoms with Crippen molar-refractivity contribution >= 4 is 17.7 Å². The number of carbonyl (C=O) groups is 3. The monoisotopic (exact) mass is 462 g/mol. The van der Waals surface area contributed by atoms with Crippen molar-refractivity contribution in [3.8, 4) is 0 Å². The van der Waals surface area contributed by atoms with Crippen LogP contribution in [0.1, 0.15) is 66.7 Å². The summed E-state index contributed by atoms with van der Waals surface area (Å²) in [5.41, 5.74) is 2.42. The molecule has 0 radical (unpaired) electrons. The number of allylic oxidation sites excluding steroid dienone is 4. The molecule has 2 aliphatic rings. The summed E-state index contributed by atoms with van der Waals surface area (Å²) in [6, 6.07) is 0. The van der Waals surface area contributed by atoms with Crippen molar-refractivity contribution in [2.45, 2.75) is 78.9 Å². The maximum atomic E-state index is 12.8. The maximum Gasteiger partial charge on any atom is 0.309 e. The van der Waals surface area contributed by atoms with Gasteiger partial charge in [0.25, 0.3) is 0 Å². The summed E-state index contributed by atoms with van der Waals surface area (Å²) in [5.74, 6) is -0.894. The van der Waals surface area contributed by atoms with Crippen LogP contribution in [0.2, 0.25) is 0 Å². The van der Waals surface area contributed by atoms with Crippen LogP contribution >= 0.6 is 0 Å². The molecule has 0 aromatic rings. The third-order valence-corrected chi connectivity index (χ3v) is 6.49. The SMILES string of the molecule is COC1=C(OC)C(OC(C)=O)C(C/C=C(\C)CC/C=C(\C)CC2CC(C)C(=O)O2)C(C)C1=O. The van der Waals surface area contributed by atoms with Gasteiger partial charge in [0.15, 0.2) is 11.9 Å². The smallest absolute Gasteiger partial charge is 0.309 e. The predicted molar refractivity (Wildman–Crippen MR) is 124 cm³/mol. The number of esters is 2. The van der Waals surface area contributed by atoms with E-state index in [1.807, 2.05) is 13.8 Å². The number of Topliss-reactive ketones (excluding diaryl/α,β-unsaturated/α-hetero) is 1. The quantitative estimate of drug-likeness (QED) is 0.344. The van der Waals surface area contributed by atoms with Gasteiger partial charge < -0.3 is 18.9 Å². The second-order valence-electron chi connectivity index (χ2n) is 9.22. The summed E-state index contributed by atoms with van der Waals surface area (Å²) in [7, 11) is 2.87. The van der Waals surface area contributed by atoms with Crippen molar-refractivity contribution in [2.24, 2.45) is 17.8 Å². The topological polar surface area (TPSA) is 88.1 Å². The molecule has 7 nitrogen and oxygen atoms in total. The zero-order valence-corrected chi connectivity index (χ0v) is 20.9. The first-order valence-electron chi connectivity index (χ1n) is 11.6. The average molecular weight is 463 g/mol. The summed E-state index contributed by atoms with van der Waals surface area (Å²) >= 11 is 0. The van der Waals surface area contributed by atoms with Crippen LogP contribution in [-0.4, -0.2) is 44.1 Å². The fraction of sp³-hybridized carbons (Fsp3) is 0.654. The lowest BCUT2D eigenvalue weighted by molar-refractivity contribution is -0.153. The van der Waals surface area contributed by atoms with Gasteiger partial charge in [-0.1, -0.05) is 37.1 Å². The molecule has 7 heteroatoms. The first-order valence-corrected chi connectivity index (χ1v) is 11.6. The van der Waals surface area contributed by atoms with Crippen LogP contribution in [0.5, 0.6) is 0 Å². The molecule has 33 heavy (non-hydrogen) atoms. The van der Waals surface area contributed by atoms with E-state index in [0.717, 1.165) is 25.7 Å². The van der Waals surface area contributed by atoms with Gasteiger partial charge in [0.05, 0.1) is 20.1 Å². The summed E-state index contributed by atoms with van der Waals surface area (Å²) in [4.78, 5) is 36.1. The van der Waals surface area contributed by atoms with E-state index < -0.39 is 12.1 Å². The normalized spacial score (nSPS) is 28.6. The molecule has 1 fully saturated rings. The maximum absolute atomic E-state index is 12.8. The number of cyclic esters (lactones) is 1. The van der Waals surface area contributed by atoms with Crippen molar-refractivity contribution in [2.75, 3.05) is 14.2 Å². The molecule has 1 aliphatic heterocycles. The molecule has 1 heterocycles. The van der Waals surface area contributed by atoms with E-state index in [0.29, 0.717) is 6.42 Å². The molecule has 0 spiro atoms. The van der Waals surface area contributed by atoms with E-state index in [2.05, 4.69) is 26.0 Å². The highest BCUT2D eigenvalue weighted by atomic mass is 16.6. The number of carbonyl (C=O) groups excluding carboxylic acids is 3. The first kappa shape index (κ1) is 26.7. The Kier molecular flexibility index (Phi) is 9.74. The molecule has 1 aliphatic carbocycles. The first-order chi connectivity index (χ1) is 15.6. The zero-order valence-electron chi connectivity index (χ0n) is 20.9. The minimum Gasteiger partial charge on any atom is -0.493 e. The molecular formula is C26H38O7. The van der Waals surface area contributed by atoms with E-state index in [-0.39, 0.29) is 47.1 Å². The van der Waals surface area contributed by atoms with E-state index in [9.17, 15) is 14.4 Å². The second kappa shape index (κ2) is 12.1. The number of hydrogen-bond acceptors (Lipinski definition) is 7. The van der Waals surface area contributed by atoms with Crippen molar-refractivity contribution in [3.63, 3.8) is 0 Å². The predicted octanol–water partition coefficient (Wildman–Crippen LogP) is 4.66. The third kappa shape index (κ3) is 6.95. The van der Waals surface area contributed by atoms with Gasteiger partial charge in [-0.2, -0.15) is 0 Å². The average Bonchev–Trinajstić information content (AvgIpc) is 3.06. The molecule has 184 valence electrons. The van der Waals surface area contributed by atoms with Crippen LogP contribution in [0.25, 0.3) is 0 Å². The molecule has 5 unspecified atom stereocenters. The van der Waals surface area contributed by atoms with Crippen LogP contribution in [0.4, 0.5) is 0 Å². The van der Waals surface area contributed by atoms with E-state index >= 15 is 0 Å². The van der Waals surface area contributed by atoms with Crippen LogP contribution < -0.4 is 0 Å². The van der Waals surface area contributed by atoms with Gasteiger partial charge in [-0.25, -0.2) is 0 Å². The zero-order chi connectivity index (χ0) is 24.7. The summed E-state index contributed by atoms with van der Waals surface area (Å²) in [6.07, 6.45) is 7.53. The molecule has 0 aromatic carbocycles. The van der Waals surface area contributed by atoms with Crippen molar-refractivity contribution in [1.82, 2.24) is 0 Å².